The Kier molecular flexibility index (Phi) is 4.10. The van der Waals surface area contributed by atoms with Crippen molar-refractivity contribution in [2.24, 2.45) is 5.92 Å². The van der Waals surface area contributed by atoms with Gasteiger partial charge in [0, 0.05) is 18.5 Å². The maximum Gasteiger partial charge on any atom is 0.240 e. The van der Waals surface area contributed by atoms with E-state index in [9.17, 15) is 4.39 Å². The molecule has 21 heavy (non-hydrogen) atoms. The van der Waals surface area contributed by atoms with Crippen LogP contribution in [0.25, 0.3) is 0 Å². The van der Waals surface area contributed by atoms with Crippen molar-refractivity contribution in [3.8, 4) is 5.88 Å². The Morgan fingerprint density at radius 2 is 2.38 bits per heavy atom. The molecule has 0 bridgehead atoms. The van der Waals surface area contributed by atoms with Gasteiger partial charge in [-0.2, -0.15) is 4.98 Å². The maximum absolute atomic E-state index is 12.7. The van der Waals surface area contributed by atoms with Crippen LogP contribution in [0.5, 0.6) is 5.88 Å². The number of hydrogen-bond donors (Lipinski definition) is 0. The van der Waals surface area contributed by atoms with Gasteiger partial charge in [0.25, 0.3) is 0 Å². The zero-order chi connectivity index (χ0) is 14.7. The summed E-state index contributed by atoms with van der Waals surface area (Å²) in [5.41, 5.74) is 0. The molecule has 0 aliphatic carbocycles. The fourth-order valence-corrected chi connectivity index (χ4v) is 2.44. The number of hydrogen-bond acceptors (Lipinski definition) is 6. The molecule has 0 spiro atoms. The Hall–Kier alpha value is -2.02. The number of aromatic nitrogens is 3. The standard InChI is InChI=1S/C14H17FN4O2/c1-10-17-14(21-18-10)8-19-5-4-11(7-19)9-20-13-3-2-12(15)6-16-13/h2-3,6,11H,4-5,7-9H2,1H3. The van der Waals surface area contributed by atoms with Crippen molar-refractivity contribution in [2.75, 3.05) is 19.7 Å². The van der Waals surface area contributed by atoms with Crippen molar-refractivity contribution in [1.29, 1.82) is 0 Å². The smallest absolute Gasteiger partial charge is 0.240 e. The summed E-state index contributed by atoms with van der Waals surface area (Å²) in [4.78, 5) is 10.4. The van der Waals surface area contributed by atoms with Gasteiger partial charge in [0.1, 0.15) is 5.82 Å². The van der Waals surface area contributed by atoms with E-state index in [4.69, 9.17) is 9.26 Å². The van der Waals surface area contributed by atoms with Crippen LogP contribution in [0.15, 0.2) is 22.9 Å². The van der Waals surface area contributed by atoms with E-state index in [-0.39, 0.29) is 5.82 Å². The van der Waals surface area contributed by atoms with E-state index in [1.165, 1.54) is 6.07 Å². The third-order valence-electron chi connectivity index (χ3n) is 3.47. The predicted molar refractivity (Wildman–Crippen MR) is 72.1 cm³/mol. The van der Waals surface area contributed by atoms with Crippen molar-refractivity contribution < 1.29 is 13.7 Å². The van der Waals surface area contributed by atoms with Gasteiger partial charge in [0.05, 0.1) is 19.3 Å². The molecule has 0 saturated carbocycles. The highest BCUT2D eigenvalue weighted by atomic mass is 19.1. The van der Waals surface area contributed by atoms with Crippen LogP contribution in [-0.2, 0) is 6.54 Å². The van der Waals surface area contributed by atoms with Gasteiger partial charge in [-0.1, -0.05) is 5.16 Å². The van der Waals surface area contributed by atoms with Crippen molar-refractivity contribution in [3.63, 3.8) is 0 Å². The van der Waals surface area contributed by atoms with Crippen LogP contribution in [0.3, 0.4) is 0 Å². The SMILES string of the molecule is Cc1noc(CN2CCC(COc3ccc(F)cn3)C2)n1. The van der Waals surface area contributed by atoms with Crippen molar-refractivity contribution in [2.45, 2.75) is 19.9 Å². The van der Waals surface area contributed by atoms with Crippen molar-refractivity contribution in [1.82, 2.24) is 20.0 Å². The highest BCUT2D eigenvalue weighted by Crippen LogP contribution is 2.19. The molecular formula is C14H17FN4O2. The number of nitrogens with zero attached hydrogens (tertiary/aromatic N) is 4. The molecule has 3 rings (SSSR count). The minimum atomic E-state index is -0.357. The first kappa shape index (κ1) is 13.9. The number of rotatable bonds is 5. The Balaban J connectivity index is 1.45. The molecule has 1 saturated heterocycles. The number of aryl methyl sites for hydroxylation is 1. The van der Waals surface area contributed by atoms with E-state index in [1.54, 1.807) is 6.07 Å². The van der Waals surface area contributed by atoms with Gasteiger partial charge in [-0.3, -0.25) is 4.90 Å². The molecule has 1 fully saturated rings. The largest absolute Gasteiger partial charge is 0.477 e. The van der Waals surface area contributed by atoms with Gasteiger partial charge in [-0.05, 0) is 26.0 Å². The average Bonchev–Trinajstić information content (AvgIpc) is 3.08. The van der Waals surface area contributed by atoms with Gasteiger partial charge in [-0.25, -0.2) is 9.37 Å². The summed E-state index contributed by atoms with van der Waals surface area (Å²) in [6, 6.07) is 2.89. The summed E-state index contributed by atoms with van der Waals surface area (Å²) in [6.07, 6.45) is 2.21. The molecule has 2 aromatic rings. The quantitative estimate of drug-likeness (QED) is 0.837. The lowest BCUT2D eigenvalue weighted by atomic mass is 10.1. The minimum Gasteiger partial charge on any atom is -0.477 e. The molecule has 112 valence electrons. The van der Waals surface area contributed by atoms with E-state index in [0.717, 1.165) is 25.7 Å². The highest BCUT2D eigenvalue weighted by Gasteiger charge is 2.24. The molecule has 0 amide bonds. The molecule has 0 N–H and O–H groups in total. The first-order chi connectivity index (χ1) is 10.2. The summed E-state index contributed by atoms with van der Waals surface area (Å²) in [5.74, 6) is 1.84. The Labute approximate surface area is 121 Å². The molecule has 1 aliphatic heterocycles. The fourth-order valence-electron chi connectivity index (χ4n) is 2.44. The first-order valence-corrected chi connectivity index (χ1v) is 6.95. The van der Waals surface area contributed by atoms with Crippen LogP contribution in [0.2, 0.25) is 0 Å². The Morgan fingerprint density at radius 1 is 1.48 bits per heavy atom. The fraction of sp³-hybridized carbons (Fsp3) is 0.500. The molecule has 1 unspecified atom stereocenters. The van der Waals surface area contributed by atoms with E-state index in [0.29, 0.717) is 36.7 Å². The molecule has 6 nitrogen and oxygen atoms in total. The normalized spacial score (nSPS) is 19.0. The second-order valence-electron chi connectivity index (χ2n) is 5.25. The van der Waals surface area contributed by atoms with Gasteiger partial charge < -0.3 is 9.26 Å². The third kappa shape index (κ3) is 3.75. The topological polar surface area (TPSA) is 64.3 Å². The van der Waals surface area contributed by atoms with E-state index >= 15 is 0 Å². The average molecular weight is 292 g/mol. The molecule has 0 aromatic carbocycles. The molecule has 2 aromatic heterocycles. The Bertz CT molecular complexity index is 587. The predicted octanol–water partition coefficient (Wildman–Crippen LogP) is 1.81. The van der Waals surface area contributed by atoms with Crippen LogP contribution >= 0.6 is 0 Å². The lowest BCUT2D eigenvalue weighted by Gasteiger charge is -2.13. The monoisotopic (exact) mass is 292 g/mol. The summed E-state index contributed by atoms with van der Waals surface area (Å²) in [5, 5.41) is 3.78. The molecule has 3 heterocycles. The summed E-state index contributed by atoms with van der Waals surface area (Å²) in [7, 11) is 0. The van der Waals surface area contributed by atoms with E-state index in [1.807, 2.05) is 6.92 Å². The third-order valence-corrected chi connectivity index (χ3v) is 3.47. The molecule has 0 radical (unpaired) electrons. The summed E-state index contributed by atoms with van der Waals surface area (Å²) in [6.45, 7) is 4.96. The number of pyridine rings is 1. The van der Waals surface area contributed by atoms with E-state index in [2.05, 4.69) is 20.0 Å². The number of halogens is 1. The molecule has 1 aliphatic rings. The second kappa shape index (κ2) is 6.17. The number of likely N-dealkylation sites (tertiary alicyclic amines) is 1. The lowest BCUT2D eigenvalue weighted by Crippen LogP contribution is -2.22. The number of ether oxygens (including phenoxy) is 1. The van der Waals surface area contributed by atoms with Gasteiger partial charge in [-0.15, -0.1) is 0 Å². The van der Waals surface area contributed by atoms with Crippen LogP contribution in [-0.4, -0.2) is 39.7 Å². The van der Waals surface area contributed by atoms with Gasteiger partial charge in [0.15, 0.2) is 5.82 Å². The van der Waals surface area contributed by atoms with E-state index < -0.39 is 0 Å². The van der Waals surface area contributed by atoms with Gasteiger partial charge in [0.2, 0.25) is 11.8 Å². The van der Waals surface area contributed by atoms with Crippen LogP contribution in [0.1, 0.15) is 18.1 Å². The lowest BCUT2D eigenvalue weighted by molar-refractivity contribution is 0.220. The van der Waals surface area contributed by atoms with Crippen LogP contribution in [0, 0.1) is 18.7 Å². The Morgan fingerprint density at radius 3 is 3.10 bits per heavy atom. The minimum absolute atomic E-state index is 0.357. The van der Waals surface area contributed by atoms with Crippen molar-refractivity contribution >= 4 is 0 Å². The molecule has 1 atom stereocenters. The summed E-state index contributed by atoms with van der Waals surface area (Å²) < 4.78 is 23.5. The zero-order valence-electron chi connectivity index (χ0n) is 11.8. The maximum atomic E-state index is 12.7. The zero-order valence-corrected chi connectivity index (χ0v) is 11.8. The second-order valence-corrected chi connectivity index (χ2v) is 5.25. The summed E-state index contributed by atoms with van der Waals surface area (Å²) >= 11 is 0. The van der Waals surface area contributed by atoms with Crippen LogP contribution < -0.4 is 4.74 Å². The molecular weight excluding hydrogens is 275 g/mol. The first-order valence-electron chi connectivity index (χ1n) is 6.95. The van der Waals surface area contributed by atoms with Crippen LogP contribution in [0.4, 0.5) is 4.39 Å². The molecule has 7 heteroatoms. The highest BCUT2D eigenvalue weighted by molar-refractivity contribution is 5.10. The van der Waals surface area contributed by atoms with Crippen molar-refractivity contribution in [3.05, 3.63) is 35.9 Å². The van der Waals surface area contributed by atoms with Gasteiger partial charge >= 0.3 is 0 Å².